The first-order valence-electron chi connectivity index (χ1n) is 2.77. The summed E-state index contributed by atoms with van der Waals surface area (Å²) in [7, 11) is 1.80. The summed E-state index contributed by atoms with van der Waals surface area (Å²) in [6, 6.07) is 1.74. The maximum atomic E-state index is 5.36. The van der Waals surface area contributed by atoms with Crippen LogP contribution in [0.3, 0.4) is 0 Å². The highest BCUT2D eigenvalue weighted by Crippen LogP contribution is 1.91. The van der Waals surface area contributed by atoms with E-state index in [1.165, 1.54) is 0 Å². The highest BCUT2D eigenvalue weighted by molar-refractivity contribution is 5.95. The van der Waals surface area contributed by atoms with Gasteiger partial charge in [0, 0.05) is 13.2 Å². The molecule has 1 aromatic heterocycles. The molecule has 0 saturated carbocycles. The van der Waals surface area contributed by atoms with Gasteiger partial charge in [0.1, 0.15) is 5.69 Å². The molecule has 5 nitrogen and oxygen atoms in total. The molecule has 0 aliphatic rings. The van der Waals surface area contributed by atoms with Crippen LogP contribution in [0.15, 0.2) is 17.4 Å². The summed E-state index contributed by atoms with van der Waals surface area (Å²) in [4.78, 5) is 0. The van der Waals surface area contributed by atoms with E-state index >= 15 is 0 Å². The molecule has 0 aliphatic carbocycles. The molecule has 1 heterocycles. The lowest BCUT2D eigenvalue weighted by Crippen LogP contribution is -2.16. The van der Waals surface area contributed by atoms with Crippen molar-refractivity contribution in [3.63, 3.8) is 0 Å². The molecule has 0 amide bonds. The molecule has 0 atom stereocenters. The number of rotatable bonds is 1. The molecule has 1 aromatic rings. The number of hydrogen-bond donors (Lipinski definition) is 2. The molecule has 5 heteroatoms. The predicted octanol–water partition coefficient (Wildman–Crippen LogP) is -1.00. The lowest BCUT2D eigenvalue weighted by Gasteiger charge is -1.89. The van der Waals surface area contributed by atoms with E-state index < -0.39 is 0 Å². The Balaban J connectivity index is 2.95. The Bertz CT molecular complexity index is 248. The summed E-state index contributed by atoms with van der Waals surface area (Å²) in [6.07, 6.45) is 1.77. The first-order chi connectivity index (χ1) is 4.74. The van der Waals surface area contributed by atoms with Crippen molar-refractivity contribution in [2.75, 3.05) is 0 Å². The SMILES string of the molecule is Cn1ccc(C(N)=NN)n1. The molecule has 1 rings (SSSR count). The maximum absolute atomic E-state index is 5.36. The van der Waals surface area contributed by atoms with Gasteiger partial charge in [-0.3, -0.25) is 4.68 Å². The molecule has 54 valence electrons. The Kier molecular flexibility index (Phi) is 1.57. The number of aromatic nitrogens is 2. The van der Waals surface area contributed by atoms with Crippen LogP contribution in [-0.4, -0.2) is 15.6 Å². The average molecular weight is 139 g/mol. The summed E-state index contributed by atoms with van der Waals surface area (Å²) in [5.41, 5.74) is 5.96. The highest BCUT2D eigenvalue weighted by atomic mass is 15.3. The Labute approximate surface area is 58.3 Å². The van der Waals surface area contributed by atoms with Gasteiger partial charge in [0.2, 0.25) is 0 Å². The number of nitrogens with two attached hydrogens (primary N) is 2. The molecule has 0 spiro atoms. The van der Waals surface area contributed by atoms with E-state index in [9.17, 15) is 0 Å². The zero-order valence-corrected chi connectivity index (χ0v) is 5.65. The van der Waals surface area contributed by atoms with Crippen molar-refractivity contribution in [1.82, 2.24) is 9.78 Å². The lowest BCUT2D eigenvalue weighted by atomic mass is 10.4. The molecule has 0 aromatic carbocycles. The van der Waals surface area contributed by atoms with E-state index in [4.69, 9.17) is 11.6 Å². The number of hydrazone groups is 1. The Morgan fingerprint density at radius 3 is 2.90 bits per heavy atom. The monoisotopic (exact) mass is 139 g/mol. The van der Waals surface area contributed by atoms with Gasteiger partial charge in [0.05, 0.1) is 0 Å². The van der Waals surface area contributed by atoms with Gasteiger partial charge in [-0.1, -0.05) is 0 Å². The highest BCUT2D eigenvalue weighted by Gasteiger charge is 1.99. The maximum Gasteiger partial charge on any atom is 0.170 e. The Morgan fingerprint density at radius 1 is 1.80 bits per heavy atom. The third kappa shape index (κ3) is 1.07. The van der Waals surface area contributed by atoms with Crippen molar-refractivity contribution in [3.8, 4) is 0 Å². The van der Waals surface area contributed by atoms with Crippen molar-refractivity contribution in [3.05, 3.63) is 18.0 Å². The lowest BCUT2D eigenvalue weighted by molar-refractivity contribution is 0.764. The fourth-order valence-corrected chi connectivity index (χ4v) is 0.618. The van der Waals surface area contributed by atoms with Crippen molar-refractivity contribution in [2.24, 2.45) is 23.7 Å². The topological polar surface area (TPSA) is 82.2 Å². The van der Waals surface area contributed by atoms with Crippen LogP contribution in [0.4, 0.5) is 0 Å². The Hall–Kier alpha value is -1.52. The second kappa shape index (κ2) is 2.38. The fraction of sp³-hybridized carbons (Fsp3) is 0.200. The molecule has 10 heavy (non-hydrogen) atoms. The Morgan fingerprint density at radius 2 is 2.50 bits per heavy atom. The number of amidine groups is 1. The molecular weight excluding hydrogens is 130 g/mol. The first-order valence-corrected chi connectivity index (χ1v) is 2.77. The van der Waals surface area contributed by atoms with E-state index in [0.717, 1.165) is 0 Å². The van der Waals surface area contributed by atoms with Crippen LogP contribution in [0.1, 0.15) is 5.69 Å². The van der Waals surface area contributed by atoms with Gasteiger partial charge < -0.3 is 11.6 Å². The second-order valence-electron chi connectivity index (χ2n) is 1.89. The zero-order chi connectivity index (χ0) is 7.56. The van der Waals surface area contributed by atoms with Gasteiger partial charge in [-0.05, 0) is 6.07 Å². The first kappa shape index (κ1) is 6.60. The van der Waals surface area contributed by atoms with Gasteiger partial charge in [0.25, 0.3) is 0 Å². The van der Waals surface area contributed by atoms with Gasteiger partial charge in [-0.2, -0.15) is 10.2 Å². The largest absolute Gasteiger partial charge is 0.380 e. The molecule has 0 bridgehead atoms. The summed E-state index contributed by atoms with van der Waals surface area (Å²) in [6.45, 7) is 0. The molecule has 0 unspecified atom stereocenters. The van der Waals surface area contributed by atoms with Crippen molar-refractivity contribution < 1.29 is 0 Å². The van der Waals surface area contributed by atoms with Gasteiger partial charge >= 0.3 is 0 Å². The van der Waals surface area contributed by atoms with Crippen LogP contribution in [0.2, 0.25) is 0 Å². The van der Waals surface area contributed by atoms with Crippen LogP contribution in [0.5, 0.6) is 0 Å². The minimum Gasteiger partial charge on any atom is -0.380 e. The van der Waals surface area contributed by atoms with Crippen molar-refractivity contribution >= 4 is 5.84 Å². The second-order valence-corrected chi connectivity index (χ2v) is 1.89. The van der Waals surface area contributed by atoms with Gasteiger partial charge in [-0.25, -0.2) is 0 Å². The van der Waals surface area contributed by atoms with E-state index in [2.05, 4.69) is 10.2 Å². The predicted molar refractivity (Wildman–Crippen MR) is 38.1 cm³/mol. The summed E-state index contributed by atoms with van der Waals surface area (Å²) >= 11 is 0. The van der Waals surface area contributed by atoms with E-state index in [0.29, 0.717) is 5.69 Å². The van der Waals surface area contributed by atoms with Gasteiger partial charge in [-0.15, -0.1) is 0 Å². The van der Waals surface area contributed by atoms with Crippen LogP contribution >= 0.6 is 0 Å². The quantitative estimate of drug-likeness (QED) is 0.226. The summed E-state index contributed by atoms with van der Waals surface area (Å²) < 4.78 is 1.63. The van der Waals surface area contributed by atoms with Crippen molar-refractivity contribution in [2.45, 2.75) is 0 Å². The third-order valence-corrected chi connectivity index (χ3v) is 1.12. The van der Waals surface area contributed by atoms with Gasteiger partial charge in [0.15, 0.2) is 5.84 Å². The van der Waals surface area contributed by atoms with Crippen LogP contribution in [-0.2, 0) is 7.05 Å². The summed E-state index contributed by atoms with van der Waals surface area (Å²) in [5.74, 6) is 5.18. The molecule has 0 radical (unpaired) electrons. The fourth-order valence-electron chi connectivity index (χ4n) is 0.618. The van der Waals surface area contributed by atoms with Crippen LogP contribution < -0.4 is 11.6 Å². The molecular formula is C5H9N5. The minimum atomic E-state index is 0.251. The van der Waals surface area contributed by atoms with Crippen LogP contribution in [0.25, 0.3) is 0 Å². The minimum absolute atomic E-state index is 0.251. The number of aryl methyl sites for hydroxylation is 1. The molecule has 4 N–H and O–H groups in total. The average Bonchev–Trinajstić information content (AvgIpc) is 2.34. The molecule has 0 fully saturated rings. The molecule has 0 aliphatic heterocycles. The van der Waals surface area contributed by atoms with Crippen LogP contribution in [0, 0.1) is 0 Å². The van der Waals surface area contributed by atoms with E-state index in [1.54, 1.807) is 24.0 Å². The number of hydrogen-bond acceptors (Lipinski definition) is 3. The number of nitrogens with zero attached hydrogens (tertiary/aromatic N) is 3. The van der Waals surface area contributed by atoms with E-state index in [1.807, 2.05) is 0 Å². The normalized spacial score (nSPS) is 11.9. The zero-order valence-electron chi connectivity index (χ0n) is 5.65. The summed E-state index contributed by atoms with van der Waals surface area (Å²) in [5, 5.41) is 7.25. The van der Waals surface area contributed by atoms with E-state index in [-0.39, 0.29) is 5.84 Å². The third-order valence-electron chi connectivity index (χ3n) is 1.12. The molecule has 0 saturated heterocycles. The standard InChI is InChI=1S/C5H9N5/c1-10-3-2-4(9-10)5(6)8-7/h2-3H,7H2,1H3,(H2,6,8). The smallest absolute Gasteiger partial charge is 0.170 e. The van der Waals surface area contributed by atoms with Crippen molar-refractivity contribution in [1.29, 1.82) is 0 Å².